The van der Waals surface area contributed by atoms with Gasteiger partial charge in [-0.05, 0) is 67.4 Å². The van der Waals surface area contributed by atoms with Crippen molar-refractivity contribution in [3.63, 3.8) is 0 Å². The van der Waals surface area contributed by atoms with E-state index in [1.165, 1.54) is 54.6 Å². The molecule has 1 aliphatic rings. The molecule has 0 atom stereocenters. The second-order valence-corrected chi connectivity index (χ2v) is 11.6. The Balaban J connectivity index is 1.43. The predicted molar refractivity (Wildman–Crippen MR) is 150 cm³/mol. The lowest BCUT2D eigenvalue weighted by molar-refractivity contribution is -0.131. The van der Waals surface area contributed by atoms with Crippen molar-refractivity contribution < 1.29 is 22.8 Å². The number of nitrogens with one attached hydrogen (secondary N) is 2. The number of likely N-dealkylation sites (tertiary alicyclic amines) is 1. The van der Waals surface area contributed by atoms with Crippen LogP contribution in [0.25, 0.3) is 0 Å². The van der Waals surface area contributed by atoms with Gasteiger partial charge in [-0.1, -0.05) is 35.3 Å². The van der Waals surface area contributed by atoms with E-state index >= 15 is 0 Å². The number of rotatable bonds is 8. The Morgan fingerprint density at radius 3 is 2.26 bits per heavy atom. The van der Waals surface area contributed by atoms with Crippen molar-refractivity contribution in [1.82, 2.24) is 10.2 Å². The largest absolute Gasteiger partial charge is 0.343 e. The zero-order valence-electron chi connectivity index (χ0n) is 20.7. The minimum Gasteiger partial charge on any atom is -0.343 e. The molecule has 0 aliphatic carbocycles. The minimum absolute atomic E-state index is 0.0625. The van der Waals surface area contributed by atoms with Crippen LogP contribution in [0.15, 0.2) is 71.6 Å². The fraction of sp³-hybridized carbons (Fsp3) is 0.222. The van der Waals surface area contributed by atoms with Gasteiger partial charge in [0, 0.05) is 40.8 Å². The quantitative estimate of drug-likeness (QED) is 0.343. The lowest BCUT2D eigenvalue weighted by atomic mass is 10.0. The number of ketones is 1. The van der Waals surface area contributed by atoms with Gasteiger partial charge in [-0.3, -0.25) is 19.1 Å². The highest BCUT2D eigenvalue weighted by atomic mass is 35.5. The van der Waals surface area contributed by atoms with Gasteiger partial charge in [0.1, 0.15) is 0 Å². The van der Waals surface area contributed by atoms with E-state index < -0.39 is 21.7 Å². The number of hydrogen-bond acceptors (Lipinski definition) is 6. The van der Waals surface area contributed by atoms with Crippen molar-refractivity contribution in [3.8, 4) is 0 Å². The molecule has 0 radical (unpaired) electrons. The summed E-state index contributed by atoms with van der Waals surface area (Å²) in [6, 6.07) is 15.9. The number of nitrogens with zero attached hydrogens (tertiary/aromatic N) is 1. The lowest BCUT2D eigenvalue weighted by Crippen LogP contribution is -2.46. The van der Waals surface area contributed by atoms with Crippen LogP contribution in [0.1, 0.15) is 39.1 Å². The van der Waals surface area contributed by atoms with Crippen LogP contribution < -0.4 is 15.8 Å². The number of carbonyl (C=O) groups is 3. The monoisotopic (exact) mass is 588 g/mol. The van der Waals surface area contributed by atoms with E-state index in [4.69, 9.17) is 28.9 Å². The van der Waals surface area contributed by atoms with Crippen LogP contribution in [0, 0.1) is 0 Å². The molecule has 0 aromatic heterocycles. The molecule has 2 amide bonds. The molecule has 4 N–H and O–H groups in total. The average molecular weight is 590 g/mol. The molecule has 3 aromatic carbocycles. The maximum Gasteiger partial charge on any atom is 0.261 e. The molecule has 0 saturated carbocycles. The van der Waals surface area contributed by atoms with E-state index in [1.807, 2.05) is 0 Å². The van der Waals surface area contributed by atoms with Gasteiger partial charge in [-0.25, -0.2) is 8.42 Å². The summed E-state index contributed by atoms with van der Waals surface area (Å²) in [6.45, 7) is 0.936. The van der Waals surface area contributed by atoms with Crippen LogP contribution >= 0.6 is 23.2 Å². The fourth-order valence-electron chi connectivity index (χ4n) is 4.10. The van der Waals surface area contributed by atoms with Crippen molar-refractivity contribution >= 4 is 56.5 Å². The maximum absolute atomic E-state index is 13.1. The number of sulfonamides is 1. The number of nitrogens with two attached hydrogens (primary N) is 1. The van der Waals surface area contributed by atoms with Crippen LogP contribution in [0.4, 0.5) is 5.69 Å². The zero-order valence-corrected chi connectivity index (χ0v) is 23.0. The van der Waals surface area contributed by atoms with Gasteiger partial charge >= 0.3 is 0 Å². The number of benzene rings is 3. The predicted octanol–water partition coefficient (Wildman–Crippen LogP) is 3.70. The molecular formula is C27H26Cl2N4O5S. The van der Waals surface area contributed by atoms with E-state index in [2.05, 4.69) is 10.0 Å². The van der Waals surface area contributed by atoms with Gasteiger partial charge in [0.05, 0.1) is 22.2 Å². The Morgan fingerprint density at radius 2 is 1.59 bits per heavy atom. The number of amides is 2. The lowest BCUT2D eigenvalue weighted by Gasteiger charge is -2.30. The number of para-hydroxylation sites is 1. The molecule has 1 fully saturated rings. The molecule has 1 aliphatic heterocycles. The minimum atomic E-state index is -4.11. The van der Waals surface area contributed by atoms with Gasteiger partial charge in [-0.2, -0.15) is 0 Å². The second-order valence-electron chi connectivity index (χ2n) is 9.03. The third-order valence-electron chi connectivity index (χ3n) is 6.31. The smallest absolute Gasteiger partial charge is 0.261 e. The molecular weight excluding hydrogens is 563 g/mol. The van der Waals surface area contributed by atoms with Crippen molar-refractivity contribution in [1.29, 1.82) is 0 Å². The first-order valence-corrected chi connectivity index (χ1v) is 14.3. The summed E-state index contributed by atoms with van der Waals surface area (Å²) < 4.78 is 28.6. The highest BCUT2D eigenvalue weighted by Gasteiger charge is 2.23. The Kier molecular flexibility index (Phi) is 8.91. The molecule has 9 nitrogen and oxygen atoms in total. The first kappa shape index (κ1) is 28.6. The van der Waals surface area contributed by atoms with Crippen molar-refractivity contribution in [2.75, 3.05) is 24.4 Å². The Labute approximate surface area is 236 Å². The molecule has 0 spiro atoms. The van der Waals surface area contributed by atoms with E-state index in [1.54, 1.807) is 17.0 Å². The van der Waals surface area contributed by atoms with Gasteiger partial charge in [-0.15, -0.1) is 0 Å². The van der Waals surface area contributed by atoms with Crippen molar-refractivity contribution in [3.05, 3.63) is 93.5 Å². The first-order chi connectivity index (χ1) is 18.5. The molecule has 4 rings (SSSR count). The van der Waals surface area contributed by atoms with Crippen LogP contribution in [-0.2, 0) is 14.8 Å². The molecule has 39 heavy (non-hydrogen) atoms. The van der Waals surface area contributed by atoms with Crippen molar-refractivity contribution in [2.24, 2.45) is 5.73 Å². The number of piperidine rings is 1. The summed E-state index contributed by atoms with van der Waals surface area (Å²) in [5.41, 5.74) is 6.38. The van der Waals surface area contributed by atoms with Crippen LogP contribution in [0.5, 0.6) is 0 Å². The van der Waals surface area contributed by atoms with Crippen LogP contribution in [0.2, 0.25) is 10.0 Å². The summed E-state index contributed by atoms with van der Waals surface area (Å²) in [5, 5.41) is 3.07. The third-order valence-corrected chi connectivity index (χ3v) is 8.24. The van der Waals surface area contributed by atoms with E-state index in [-0.39, 0.29) is 50.8 Å². The zero-order chi connectivity index (χ0) is 28.2. The fourth-order valence-corrected chi connectivity index (χ4v) is 5.67. The standard InChI is InChI=1S/C27H26Cl2N4O5S/c28-18-7-10-21(23(29)15-18)26(35)22-3-1-2-4-24(22)32-39(37,38)20-8-5-17(6-9-20)27(36)31-16-25(34)33-13-11-19(30)12-14-33/h1-10,15,19,32H,11-14,16,30H2,(H,31,36). The molecule has 0 unspecified atom stereocenters. The number of hydrogen-bond donors (Lipinski definition) is 3. The Bertz CT molecular complexity index is 1500. The summed E-state index contributed by atoms with van der Waals surface area (Å²) >= 11 is 12.1. The van der Waals surface area contributed by atoms with Gasteiger partial charge in [0.2, 0.25) is 5.91 Å². The molecule has 0 bridgehead atoms. The van der Waals surface area contributed by atoms with Gasteiger partial charge in [0.15, 0.2) is 5.78 Å². The Hall–Kier alpha value is -3.44. The normalized spacial score (nSPS) is 14.1. The molecule has 204 valence electrons. The molecule has 1 heterocycles. The molecule has 3 aromatic rings. The summed E-state index contributed by atoms with van der Waals surface area (Å²) in [5.74, 6) is -1.19. The van der Waals surface area contributed by atoms with E-state index in [0.29, 0.717) is 18.1 Å². The topological polar surface area (TPSA) is 139 Å². The average Bonchev–Trinajstić information content (AvgIpc) is 2.92. The van der Waals surface area contributed by atoms with Crippen molar-refractivity contribution in [2.45, 2.75) is 23.8 Å². The summed E-state index contributed by atoms with van der Waals surface area (Å²) in [4.78, 5) is 39.5. The van der Waals surface area contributed by atoms with Crippen LogP contribution in [0.3, 0.4) is 0 Å². The highest BCUT2D eigenvalue weighted by molar-refractivity contribution is 7.92. The summed E-state index contributed by atoms with van der Waals surface area (Å²) in [7, 11) is -4.11. The highest BCUT2D eigenvalue weighted by Crippen LogP contribution is 2.27. The van der Waals surface area contributed by atoms with Crippen LogP contribution in [-0.4, -0.2) is 56.6 Å². The Morgan fingerprint density at radius 1 is 0.923 bits per heavy atom. The molecule has 1 saturated heterocycles. The summed E-state index contributed by atoms with van der Waals surface area (Å²) in [6.07, 6.45) is 1.44. The van der Waals surface area contributed by atoms with Gasteiger partial charge < -0.3 is 16.0 Å². The van der Waals surface area contributed by atoms with Gasteiger partial charge in [0.25, 0.3) is 15.9 Å². The number of carbonyl (C=O) groups excluding carboxylic acids is 3. The van der Waals surface area contributed by atoms with E-state index in [9.17, 15) is 22.8 Å². The SMILES string of the molecule is NC1CCN(C(=O)CNC(=O)c2ccc(S(=O)(=O)Nc3ccccc3C(=O)c3ccc(Cl)cc3Cl)cc2)CC1. The first-order valence-electron chi connectivity index (χ1n) is 12.1. The second kappa shape index (κ2) is 12.2. The molecule has 12 heteroatoms. The number of halogens is 2. The third kappa shape index (κ3) is 6.96. The maximum atomic E-state index is 13.1. The number of anilines is 1. The van der Waals surface area contributed by atoms with E-state index in [0.717, 1.165) is 12.8 Å².